The average Bonchev–Trinajstić information content (AvgIpc) is 2.17. The molecular weight excluding hydrogens is 206 g/mol. The fraction of sp³-hybridized carbons (Fsp3) is 1.00. The zero-order valence-corrected chi connectivity index (χ0v) is 10.8. The molecule has 0 aromatic heterocycles. The van der Waals surface area contributed by atoms with E-state index in [0.717, 1.165) is 18.9 Å². The Morgan fingerprint density at radius 1 is 1.40 bits per heavy atom. The topological polar surface area (TPSA) is 12.5 Å². The standard InChI is InChI=1S/C12H23NOS/c1-10-7-14-11(2)6-13(10)8-12(9-15)4-3-5-12/h10-11,15H,3-9H2,1-2H3. The SMILES string of the molecule is CC1CN(CC2(CS)CCC2)C(C)CO1. The van der Waals surface area contributed by atoms with Crippen molar-refractivity contribution in [1.29, 1.82) is 0 Å². The molecule has 0 spiro atoms. The number of rotatable bonds is 3. The van der Waals surface area contributed by atoms with Gasteiger partial charge in [-0.3, -0.25) is 4.90 Å². The van der Waals surface area contributed by atoms with Crippen LogP contribution in [-0.2, 0) is 4.74 Å². The van der Waals surface area contributed by atoms with Gasteiger partial charge >= 0.3 is 0 Å². The molecule has 0 N–H and O–H groups in total. The molecule has 2 unspecified atom stereocenters. The van der Waals surface area contributed by atoms with Crippen LogP contribution in [0, 0.1) is 5.41 Å². The van der Waals surface area contributed by atoms with E-state index >= 15 is 0 Å². The van der Waals surface area contributed by atoms with Crippen molar-refractivity contribution < 1.29 is 4.74 Å². The van der Waals surface area contributed by atoms with Gasteiger partial charge in [0.25, 0.3) is 0 Å². The number of hydrogen-bond donors (Lipinski definition) is 1. The highest BCUT2D eigenvalue weighted by Gasteiger charge is 2.39. The van der Waals surface area contributed by atoms with Gasteiger partial charge in [-0.25, -0.2) is 0 Å². The molecule has 1 aliphatic carbocycles. The van der Waals surface area contributed by atoms with Crippen LogP contribution in [0.4, 0.5) is 0 Å². The molecule has 2 rings (SSSR count). The summed E-state index contributed by atoms with van der Waals surface area (Å²) in [6.45, 7) is 7.66. The Morgan fingerprint density at radius 3 is 2.67 bits per heavy atom. The fourth-order valence-corrected chi connectivity index (χ4v) is 3.08. The summed E-state index contributed by atoms with van der Waals surface area (Å²) in [6.07, 6.45) is 4.54. The van der Waals surface area contributed by atoms with E-state index in [1.807, 2.05) is 0 Å². The minimum atomic E-state index is 0.401. The maximum Gasteiger partial charge on any atom is 0.0674 e. The summed E-state index contributed by atoms with van der Waals surface area (Å²) in [5.74, 6) is 1.05. The van der Waals surface area contributed by atoms with Gasteiger partial charge < -0.3 is 4.74 Å². The maximum absolute atomic E-state index is 5.66. The van der Waals surface area contributed by atoms with Gasteiger partial charge in [0.15, 0.2) is 0 Å². The Kier molecular flexibility index (Phi) is 3.63. The summed E-state index contributed by atoms with van der Waals surface area (Å²) in [6, 6.07) is 0.582. The van der Waals surface area contributed by atoms with E-state index in [1.54, 1.807) is 0 Å². The third-order valence-corrected chi connectivity index (χ3v) is 4.70. The van der Waals surface area contributed by atoms with Gasteiger partial charge in [-0.2, -0.15) is 12.6 Å². The maximum atomic E-state index is 5.66. The minimum Gasteiger partial charge on any atom is -0.376 e. The van der Waals surface area contributed by atoms with Gasteiger partial charge in [0.2, 0.25) is 0 Å². The highest BCUT2D eigenvalue weighted by molar-refractivity contribution is 7.80. The predicted octanol–water partition coefficient (Wildman–Crippen LogP) is 2.20. The van der Waals surface area contributed by atoms with Crippen molar-refractivity contribution >= 4 is 12.6 Å². The van der Waals surface area contributed by atoms with Gasteiger partial charge in [0.05, 0.1) is 12.7 Å². The zero-order chi connectivity index (χ0) is 10.9. The second-order valence-corrected chi connectivity index (χ2v) is 5.75. The Labute approximate surface area is 98.8 Å². The number of morpholine rings is 1. The van der Waals surface area contributed by atoms with Crippen molar-refractivity contribution in [3.05, 3.63) is 0 Å². The molecule has 88 valence electrons. The van der Waals surface area contributed by atoms with E-state index in [4.69, 9.17) is 4.74 Å². The number of nitrogens with zero attached hydrogens (tertiary/aromatic N) is 1. The lowest BCUT2D eigenvalue weighted by Crippen LogP contribution is -2.53. The molecule has 3 heteroatoms. The first-order chi connectivity index (χ1) is 7.15. The van der Waals surface area contributed by atoms with Crippen LogP contribution >= 0.6 is 12.6 Å². The molecule has 15 heavy (non-hydrogen) atoms. The van der Waals surface area contributed by atoms with Crippen molar-refractivity contribution in [1.82, 2.24) is 4.90 Å². The summed E-state index contributed by atoms with van der Waals surface area (Å²) in [4.78, 5) is 2.60. The van der Waals surface area contributed by atoms with Crippen molar-refractivity contribution in [3.8, 4) is 0 Å². The molecule has 0 radical (unpaired) electrons. The summed E-state index contributed by atoms with van der Waals surface area (Å²) in [5, 5.41) is 0. The molecule has 1 saturated heterocycles. The lowest BCUT2D eigenvalue weighted by molar-refractivity contribution is -0.0691. The first-order valence-corrected chi connectivity index (χ1v) is 6.75. The second kappa shape index (κ2) is 4.64. The summed E-state index contributed by atoms with van der Waals surface area (Å²) in [7, 11) is 0. The van der Waals surface area contributed by atoms with Crippen LogP contribution in [0.25, 0.3) is 0 Å². The van der Waals surface area contributed by atoms with Crippen LogP contribution in [0.15, 0.2) is 0 Å². The molecule has 1 heterocycles. The van der Waals surface area contributed by atoms with Crippen LogP contribution in [0.3, 0.4) is 0 Å². The Bertz CT molecular complexity index is 212. The zero-order valence-electron chi connectivity index (χ0n) is 9.91. The molecule has 1 aliphatic heterocycles. The normalized spacial score (nSPS) is 36.2. The highest BCUT2D eigenvalue weighted by Crippen LogP contribution is 2.43. The molecule has 2 aliphatic rings. The Morgan fingerprint density at radius 2 is 2.13 bits per heavy atom. The highest BCUT2D eigenvalue weighted by atomic mass is 32.1. The molecule has 0 amide bonds. The Balaban J connectivity index is 1.91. The van der Waals surface area contributed by atoms with Crippen LogP contribution in [0.5, 0.6) is 0 Å². The molecule has 2 fully saturated rings. The van der Waals surface area contributed by atoms with E-state index in [1.165, 1.54) is 25.8 Å². The molecule has 1 saturated carbocycles. The van der Waals surface area contributed by atoms with Crippen molar-refractivity contribution in [2.75, 3.05) is 25.4 Å². The number of hydrogen-bond acceptors (Lipinski definition) is 3. The summed E-state index contributed by atoms with van der Waals surface area (Å²) in [5.41, 5.74) is 0.522. The van der Waals surface area contributed by atoms with Crippen LogP contribution in [0.2, 0.25) is 0 Å². The van der Waals surface area contributed by atoms with Gasteiger partial charge in [-0.15, -0.1) is 0 Å². The van der Waals surface area contributed by atoms with E-state index in [0.29, 0.717) is 17.6 Å². The molecule has 0 aromatic rings. The van der Waals surface area contributed by atoms with Crippen LogP contribution in [0.1, 0.15) is 33.1 Å². The van der Waals surface area contributed by atoms with Crippen molar-refractivity contribution in [2.45, 2.75) is 45.3 Å². The van der Waals surface area contributed by atoms with Crippen molar-refractivity contribution in [2.24, 2.45) is 5.41 Å². The summed E-state index contributed by atoms with van der Waals surface area (Å²) < 4.78 is 5.66. The average molecular weight is 229 g/mol. The third kappa shape index (κ3) is 2.51. The fourth-order valence-electron chi connectivity index (χ4n) is 2.67. The lowest BCUT2D eigenvalue weighted by atomic mass is 9.69. The largest absolute Gasteiger partial charge is 0.376 e. The third-order valence-electron chi connectivity index (χ3n) is 4.03. The van der Waals surface area contributed by atoms with E-state index in [9.17, 15) is 0 Å². The van der Waals surface area contributed by atoms with Gasteiger partial charge in [-0.05, 0) is 37.9 Å². The summed E-state index contributed by atoms with van der Waals surface area (Å²) >= 11 is 4.53. The quantitative estimate of drug-likeness (QED) is 0.745. The van der Waals surface area contributed by atoms with Crippen molar-refractivity contribution in [3.63, 3.8) is 0 Å². The second-order valence-electron chi connectivity index (χ2n) is 5.43. The van der Waals surface area contributed by atoms with Crippen LogP contribution in [-0.4, -0.2) is 42.5 Å². The monoisotopic (exact) mass is 229 g/mol. The molecule has 2 atom stereocenters. The smallest absolute Gasteiger partial charge is 0.0674 e. The van der Waals surface area contributed by atoms with Gasteiger partial charge in [0, 0.05) is 19.1 Å². The molecule has 2 nitrogen and oxygen atoms in total. The van der Waals surface area contributed by atoms with E-state index in [2.05, 4.69) is 31.4 Å². The molecular formula is C12H23NOS. The Hall–Kier alpha value is 0.270. The number of ether oxygens (including phenoxy) is 1. The van der Waals surface area contributed by atoms with Crippen LogP contribution < -0.4 is 0 Å². The minimum absolute atomic E-state index is 0.401. The number of thiol groups is 1. The lowest BCUT2D eigenvalue weighted by Gasteiger charge is -2.48. The predicted molar refractivity (Wildman–Crippen MR) is 66.6 cm³/mol. The van der Waals surface area contributed by atoms with Gasteiger partial charge in [0.1, 0.15) is 0 Å². The first-order valence-electron chi connectivity index (χ1n) is 6.12. The van der Waals surface area contributed by atoms with Gasteiger partial charge in [-0.1, -0.05) is 6.42 Å². The first kappa shape index (κ1) is 11.7. The van der Waals surface area contributed by atoms with E-state index in [-0.39, 0.29) is 0 Å². The molecule has 0 bridgehead atoms. The molecule has 0 aromatic carbocycles. The van der Waals surface area contributed by atoms with E-state index < -0.39 is 0 Å².